The van der Waals surface area contributed by atoms with Gasteiger partial charge >= 0.3 is 5.97 Å². The molecule has 1 aromatic carbocycles. The van der Waals surface area contributed by atoms with E-state index in [1.165, 1.54) is 26.4 Å². The zero-order valence-electron chi connectivity index (χ0n) is 9.57. The minimum absolute atomic E-state index is 0.313. The number of nitrogens with two attached hydrogens (primary N) is 1. The molecule has 0 saturated heterocycles. The number of benzene rings is 1. The van der Waals surface area contributed by atoms with E-state index in [4.69, 9.17) is 19.9 Å². The first-order valence-corrected chi connectivity index (χ1v) is 4.82. The van der Waals surface area contributed by atoms with Crippen LogP contribution in [0.15, 0.2) is 12.1 Å². The van der Waals surface area contributed by atoms with Crippen LogP contribution in [0, 0.1) is 0 Å². The zero-order valence-corrected chi connectivity index (χ0v) is 9.57. The molecule has 0 fully saturated rings. The third-order valence-electron chi connectivity index (χ3n) is 2.02. The highest BCUT2D eigenvalue weighted by molar-refractivity contribution is 5.92. The highest BCUT2D eigenvalue weighted by atomic mass is 16.5. The minimum Gasteiger partial charge on any atom is -0.493 e. The first kappa shape index (κ1) is 12.2. The van der Waals surface area contributed by atoms with Gasteiger partial charge in [-0.15, -0.1) is 0 Å². The number of ether oxygens (including phenoxy) is 3. The molecule has 1 rings (SSSR count). The van der Waals surface area contributed by atoms with Crippen LogP contribution in [-0.2, 0) is 4.74 Å². The Balaban J connectivity index is 3.15. The molecule has 0 atom stereocenters. The van der Waals surface area contributed by atoms with Gasteiger partial charge in [-0.1, -0.05) is 0 Å². The normalized spacial score (nSPS) is 9.69. The summed E-state index contributed by atoms with van der Waals surface area (Å²) < 4.78 is 15.0. The maximum Gasteiger partial charge on any atom is 0.338 e. The first-order chi connectivity index (χ1) is 7.63. The molecule has 0 amide bonds. The number of carbonyl (C=O) groups is 1. The van der Waals surface area contributed by atoms with E-state index >= 15 is 0 Å². The van der Waals surface area contributed by atoms with E-state index in [0.29, 0.717) is 29.4 Å². The lowest BCUT2D eigenvalue weighted by atomic mass is 10.1. The first-order valence-electron chi connectivity index (χ1n) is 4.82. The van der Waals surface area contributed by atoms with Gasteiger partial charge in [-0.05, 0) is 19.1 Å². The summed E-state index contributed by atoms with van der Waals surface area (Å²) in [6, 6.07) is 3.03. The molecule has 0 spiro atoms. The van der Waals surface area contributed by atoms with Gasteiger partial charge in [0.05, 0.1) is 32.1 Å². The van der Waals surface area contributed by atoms with E-state index in [1.807, 2.05) is 0 Å². The summed E-state index contributed by atoms with van der Waals surface area (Å²) in [5.74, 6) is 0.385. The summed E-state index contributed by atoms with van der Waals surface area (Å²) in [4.78, 5) is 11.5. The van der Waals surface area contributed by atoms with Crippen molar-refractivity contribution < 1.29 is 19.0 Å². The molecular weight excluding hydrogens is 210 g/mol. The third kappa shape index (κ3) is 2.36. The summed E-state index contributed by atoms with van der Waals surface area (Å²) in [5.41, 5.74) is 6.41. The summed E-state index contributed by atoms with van der Waals surface area (Å²) in [7, 11) is 2.96. The number of hydrogen-bond donors (Lipinski definition) is 1. The second-order valence-electron chi connectivity index (χ2n) is 3.02. The second-order valence-corrected chi connectivity index (χ2v) is 3.02. The van der Waals surface area contributed by atoms with E-state index in [2.05, 4.69) is 0 Å². The van der Waals surface area contributed by atoms with E-state index in [-0.39, 0.29) is 0 Å². The summed E-state index contributed by atoms with van der Waals surface area (Å²) in [5, 5.41) is 0. The SMILES string of the molecule is CCOC(=O)c1cc(N)c(OC)c(OC)c1. The standard InChI is InChI=1S/C11H15NO4/c1-4-16-11(13)7-5-8(12)10(15-3)9(6-7)14-2/h5-6H,4,12H2,1-3H3. The monoisotopic (exact) mass is 225 g/mol. The molecular formula is C11H15NO4. The van der Waals surface area contributed by atoms with Gasteiger partial charge < -0.3 is 19.9 Å². The van der Waals surface area contributed by atoms with Crippen LogP contribution in [0.4, 0.5) is 5.69 Å². The van der Waals surface area contributed by atoms with Gasteiger partial charge in [0.1, 0.15) is 0 Å². The molecule has 0 aliphatic heterocycles. The Labute approximate surface area is 94.1 Å². The molecule has 0 heterocycles. The van der Waals surface area contributed by atoms with Crippen LogP contribution in [0.25, 0.3) is 0 Å². The Kier molecular flexibility index (Phi) is 3.99. The average molecular weight is 225 g/mol. The molecule has 0 radical (unpaired) electrons. The molecule has 5 nitrogen and oxygen atoms in total. The number of carbonyl (C=O) groups excluding carboxylic acids is 1. The molecule has 0 aliphatic carbocycles. The van der Waals surface area contributed by atoms with Crippen LogP contribution < -0.4 is 15.2 Å². The Morgan fingerprint density at radius 3 is 2.50 bits per heavy atom. The van der Waals surface area contributed by atoms with Gasteiger partial charge in [-0.3, -0.25) is 0 Å². The minimum atomic E-state index is -0.435. The number of nitrogen functional groups attached to an aromatic ring is 1. The quantitative estimate of drug-likeness (QED) is 0.620. The predicted molar refractivity (Wildman–Crippen MR) is 59.9 cm³/mol. The lowest BCUT2D eigenvalue weighted by molar-refractivity contribution is 0.0526. The van der Waals surface area contributed by atoms with Crippen molar-refractivity contribution in [2.45, 2.75) is 6.92 Å². The van der Waals surface area contributed by atoms with E-state index in [9.17, 15) is 4.79 Å². The summed E-state index contributed by atoms with van der Waals surface area (Å²) in [6.07, 6.45) is 0. The number of methoxy groups -OCH3 is 2. The van der Waals surface area contributed by atoms with E-state index in [1.54, 1.807) is 6.92 Å². The van der Waals surface area contributed by atoms with Crippen molar-refractivity contribution in [1.82, 2.24) is 0 Å². The topological polar surface area (TPSA) is 70.8 Å². The summed E-state index contributed by atoms with van der Waals surface area (Å²) >= 11 is 0. The lowest BCUT2D eigenvalue weighted by Gasteiger charge is -2.11. The molecule has 1 aromatic rings. The highest BCUT2D eigenvalue weighted by Crippen LogP contribution is 2.34. The van der Waals surface area contributed by atoms with Crippen molar-refractivity contribution in [2.24, 2.45) is 0 Å². The van der Waals surface area contributed by atoms with Gasteiger partial charge in [0.25, 0.3) is 0 Å². The van der Waals surface area contributed by atoms with Gasteiger partial charge in [0.15, 0.2) is 11.5 Å². The molecule has 0 aromatic heterocycles. The Bertz CT molecular complexity index is 390. The molecule has 88 valence electrons. The smallest absolute Gasteiger partial charge is 0.338 e. The highest BCUT2D eigenvalue weighted by Gasteiger charge is 2.14. The molecule has 0 aliphatic rings. The molecule has 0 unspecified atom stereocenters. The van der Waals surface area contributed by atoms with Crippen molar-refractivity contribution in [2.75, 3.05) is 26.6 Å². The lowest BCUT2D eigenvalue weighted by Crippen LogP contribution is -2.06. The second kappa shape index (κ2) is 5.25. The number of esters is 1. The maximum atomic E-state index is 11.5. The number of hydrogen-bond acceptors (Lipinski definition) is 5. The fourth-order valence-corrected chi connectivity index (χ4v) is 1.33. The number of anilines is 1. The van der Waals surface area contributed by atoms with Crippen molar-refractivity contribution in [3.63, 3.8) is 0 Å². The Hall–Kier alpha value is -1.91. The van der Waals surface area contributed by atoms with Crippen LogP contribution in [0.1, 0.15) is 17.3 Å². The van der Waals surface area contributed by atoms with Crippen molar-refractivity contribution in [3.05, 3.63) is 17.7 Å². The van der Waals surface area contributed by atoms with E-state index < -0.39 is 5.97 Å². The van der Waals surface area contributed by atoms with Crippen LogP contribution in [0.5, 0.6) is 11.5 Å². The fraction of sp³-hybridized carbons (Fsp3) is 0.364. The predicted octanol–water partition coefficient (Wildman–Crippen LogP) is 1.46. The average Bonchev–Trinajstić information content (AvgIpc) is 2.28. The third-order valence-corrected chi connectivity index (χ3v) is 2.02. The zero-order chi connectivity index (χ0) is 12.1. The van der Waals surface area contributed by atoms with Gasteiger partial charge in [-0.25, -0.2) is 4.79 Å². The Morgan fingerprint density at radius 1 is 1.31 bits per heavy atom. The largest absolute Gasteiger partial charge is 0.493 e. The Morgan fingerprint density at radius 2 is 2.00 bits per heavy atom. The van der Waals surface area contributed by atoms with Crippen LogP contribution in [-0.4, -0.2) is 26.8 Å². The van der Waals surface area contributed by atoms with Crippen LogP contribution in [0.3, 0.4) is 0 Å². The molecule has 16 heavy (non-hydrogen) atoms. The van der Waals surface area contributed by atoms with Crippen molar-refractivity contribution >= 4 is 11.7 Å². The molecule has 0 bridgehead atoms. The van der Waals surface area contributed by atoms with Gasteiger partial charge in [0.2, 0.25) is 0 Å². The molecule has 2 N–H and O–H groups in total. The van der Waals surface area contributed by atoms with Crippen molar-refractivity contribution in [1.29, 1.82) is 0 Å². The van der Waals surface area contributed by atoms with Gasteiger partial charge in [0, 0.05) is 0 Å². The van der Waals surface area contributed by atoms with Crippen molar-refractivity contribution in [3.8, 4) is 11.5 Å². The van der Waals surface area contributed by atoms with Gasteiger partial charge in [-0.2, -0.15) is 0 Å². The fourth-order valence-electron chi connectivity index (χ4n) is 1.33. The maximum absolute atomic E-state index is 11.5. The van der Waals surface area contributed by atoms with E-state index in [0.717, 1.165) is 0 Å². The molecule has 0 saturated carbocycles. The van der Waals surface area contributed by atoms with Crippen LogP contribution >= 0.6 is 0 Å². The molecule has 5 heteroatoms. The van der Waals surface area contributed by atoms with Crippen LogP contribution in [0.2, 0.25) is 0 Å². The summed E-state index contributed by atoms with van der Waals surface area (Å²) in [6.45, 7) is 2.05. The number of rotatable bonds is 4.